The van der Waals surface area contributed by atoms with Crippen molar-refractivity contribution in [3.05, 3.63) is 135 Å². The van der Waals surface area contributed by atoms with Gasteiger partial charge in [0, 0.05) is 0 Å². The molecule has 2 aliphatic rings. The predicted molar refractivity (Wildman–Crippen MR) is 168 cm³/mol. The van der Waals surface area contributed by atoms with Crippen molar-refractivity contribution >= 4 is 38.8 Å². The molecule has 0 aromatic heterocycles. The van der Waals surface area contributed by atoms with Crippen molar-refractivity contribution in [3.8, 4) is 11.1 Å². The average Bonchev–Trinajstić information content (AvgIpc) is 3.56. The van der Waals surface area contributed by atoms with Crippen LogP contribution in [0.3, 0.4) is 0 Å². The number of hydrogen-bond acceptors (Lipinski definition) is 0. The third-order valence-electron chi connectivity index (χ3n) is 8.71. The van der Waals surface area contributed by atoms with Gasteiger partial charge in [-0.1, -0.05) is 0 Å². The first-order valence-corrected chi connectivity index (χ1v) is 19.7. The van der Waals surface area contributed by atoms with Gasteiger partial charge in [0.25, 0.3) is 0 Å². The molecule has 6 rings (SSSR count). The molecule has 3 heteroatoms. The Bertz CT molecular complexity index is 1560. The Morgan fingerprint density at radius 3 is 1.79 bits per heavy atom. The molecule has 0 heterocycles. The molecule has 0 nitrogen and oxygen atoms in total. The van der Waals surface area contributed by atoms with Crippen molar-refractivity contribution in [2.24, 2.45) is 5.41 Å². The Morgan fingerprint density at radius 2 is 1.21 bits per heavy atom. The summed E-state index contributed by atoms with van der Waals surface area (Å²) in [6.45, 7) is 6.98. The van der Waals surface area contributed by atoms with E-state index in [-0.39, 0.29) is 30.2 Å². The van der Waals surface area contributed by atoms with Crippen molar-refractivity contribution in [2.75, 3.05) is 0 Å². The zero-order valence-corrected chi connectivity index (χ0v) is 26.5. The van der Waals surface area contributed by atoms with Crippen molar-refractivity contribution in [3.63, 3.8) is 0 Å². The molecule has 0 saturated carbocycles. The summed E-state index contributed by atoms with van der Waals surface area (Å²) in [6, 6.07) is 38.5. The molecule has 0 atom stereocenters. The fourth-order valence-corrected chi connectivity index (χ4v) is 22.2. The number of benzene rings is 4. The summed E-state index contributed by atoms with van der Waals surface area (Å²) in [5, 5.41) is 0. The molecule has 0 saturated heterocycles. The summed E-state index contributed by atoms with van der Waals surface area (Å²) in [6.07, 6.45) is 6.96. The van der Waals surface area contributed by atoms with Crippen molar-refractivity contribution in [2.45, 2.75) is 33.6 Å². The molecule has 2 aliphatic carbocycles. The van der Waals surface area contributed by atoms with E-state index < -0.39 is 18.3 Å². The Kier molecular flexibility index (Phi) is 7.81. The van der Waals surface area contributed by atoms with E-state index in [2.05, 4.69) is 136 Å². The minimum atomic E-state index is -4.58. The standard InChI is InChI=1S/C13H9.C9H13.2C6H5.CH2.2ClH.Zr/c1-3-7-12-10(5-1)9-11-6-2-4-8-13(11)12;1-9(2,3)8-6-4-5-7-8;2*1-2-4-6-5-3-1;;;;/h1-5,7-8H,9H2;6-7H,4H2,1-3H3;2*1-5H;1H2;2*1H;. The summed E-state index contributed by atoms with van der Waals surface area (Å²) in [5.41, 5.74) is 7.23. The van der Waals surface area contributed by atoms with Crippen LogP contribution in [0.25, 0.3) is 11.1 Å². The quantitative estimate of drug-likeness (QED) is 0.193. The predicted octanol–water partition coefficient (Wildman–Crippen LogP) is 7.76. The van der Waals surface area contributed by atoms with Gasteiger partial charge in [0.15, 0.2) is 0 Å². The van der Waals surface area contributed by atoms with Gasteiger partial charge in [-0.05, 0) is 0 Å². The van der Waals surface area contributed by atoms with Crippen LogP contribution in [0, 0.1) is 5.41 Å². The number of rotatable bonds is 4. The molecular formula is C35H36Cl2Zr. The van der Waals surface area contributed by atoms with Gasteiger partial charge in [-0.15, -0.1) is 24.8 Å². The van der Waals surface area contributed by atoms with Crippen LogP contribution < -0.4 is 9.81 Å². The van der Waals surface area contributed by atoms with E-state index in [4.69, 9.17) is 4.21 Å². The molecule has 0 radical (unpaired) electrons. The summed E-state index contributed by atoms with van der Waals surface area (Å²) in [5.74, 6) is 0. The van der Waals surface area contributed by atoms with Gasteiger partial charge in [0.1, 0.15) is 0 Å². The van der Waals surface area contributed by atoms with Gasteiger partial charge in [-0.25, -0.2) is 0 Å². The van der Waals surface area contributed by atoms with Crippen LogP contribution in [0.4, 0.5) is 0 Å². The SMILES string of the molecule is Cl.Cl.[CH2]=[Zr]([C]1=CC(C(C)(C)C)=CC1)([c]1ccccc1)([c]1ccccc1)[c]1cccc2c1Cc1ccccc1-2. The Labute approximate surface area is 241 Å². The average molecular weight is 619 g/mol. The number of halogens is 2. The third-order valence-corrected chi connectivity index (χ3v) is 25.0. The second-order valence-electron chi connectivity index (χ2n) is 11.6. The molecule has 0 spiro atoms. The number of allylic oxidation sites excluding steroid dienone is 4. The van der Waals surface area contributed by atoms with Crippen LogP contribution in [0.2, 0.25) is 0 Å². The van der Waals surface area contributed by atoms with Gasteiger partial charge in [0.2, 0.25) is 0 Å². The second-order valence-corrected chi connectivity index (χ2v) is 24.5. The van der Waals surface area contributed by atoms with E-state index in [1.165, 1.54) is 37.6 Å². The molecule has 0 bridgehead atoms. The molecule has 0 unspecified atom stereocenters. The fraction of sp³-hybridized carbons (Fsp3) is 0.171. The maximum absolute atomic E-state index is 5.56. The molecule has 194 valence electrons. The molecule has 0 amide bonds. The zero-order chi connectivity index (χ0) is 25.0. The van der Waals surface area contributed by atoms with Crippen LogP contribution >= 0.6 is 24.8 Å². The first-order valence-electron chi connectivity index (χ1n) is 13.1. The Balaban J connectivity index is 0.00000168. The van der Waals surface area contributed by atoms with Crippen LogP contribution in [0.15, 0.2) is 124 Å². The maximum atomic E-state index is 5.56. The number of hydrogen-bond donors (Lipinski definition) is 0. The van der Waals surface area contributed by atoms with E-state index in [1.807, 2.05) is 0 Å². The van der Waals surface area contributed by atoms with E-state index in [0.29, 0.717) is 0 Å². The van der Waals surface area contributed by atoms with Crippen molar-refractivity contribution < 1.29 is 18.3 Å². The third kappa shape index (κ3) is 4.10. The van der Waals surface area contributed by atoms with Crippen molar-refractivity contribution in [1.82, 2.24) is 0 Å². The molecule has 4 aromatic carbocycles. The molecule has 0 aliphatic heterocycles. The van der Waals surface area contributed by atoms with E-state index in [0.717, 1.165) is 12.8 Å². The van der Waals surface area contributed by atoms with E-state index in [9.17, 15) is 0 Å². The van der Waals surface area contributed by atoms with Gasteiger partial charge in [-0.2, -0.15) is 0 Å². The fourth-order valence-electron chi connectivity index (χ4n) is 6.74. The molecular weight excluding hydrogens is 583 g/mol. The first kappa shape index (κ1) is 28.7. The first-order chi connectivity index (χ1) is 17.3. The topological polar surface area (TPSA) is 0 Å². The molecule has 0 N–H and O–H groups in total. The Morgan fingerprint density at radius 1 is 0.658 bits per heavy atom. The van der Waals surface area contributed by atoms with Crippen LogP contribution in [0.5, 0.6) is 0 Å². The molecule has 4 aromatic rings. The van der Waals surface area contributed by atoms with Gasteiger partial charge < -0.3 is 0 Å². The molecule has 38 heavy (non-hydrogen) atoms. The summed E-state index contributed by atoms with van der Waals surface area (Å²) < 4.78 is 11.4. The Hall–Kier alpha value is -2.31. The minimum absolute atomic E-state index is 0. The van der Waals surface area contributed by atoms with Gasteiger partial charge >= 0.3 is 218 Å². The molecule has 0 fully saturated rings. The van der Waals surface area contributed by atoms with Crippen LogP contribution in [-0.4, -0.2) is 4.21 Å². The van der Waals surface area contributed by atoms with Crippen molar-refractivity contribution in [1.29, 1.82) is 0 Å². The second kappa shape index (κ2) is 10.3. The monoisotopic (exact) mass is 616 g/mol. The normalized spacial score (nSPS) is 14.4. The zero-order valence-electron chi connectivity index (χ0n) is 22.4. The summed E-state index contributed by atoms with van der Waals surface area (Å²) in [4.78, 5) is 0. The van der Waals surface area contributed by atoms with E-state index >= 15 is 0 Å². The van der Waals surface area contributed by atoms with Crippen LogP contribution in [-0.2, 0) is 24.7 Å². The van der Waals surface area contributed by atoms with Gasteiger partial charge in [0.05, 0.1) is 0 Å². The number of fused-ring (bicyclic) bond motifs is 3. The summed E-state index contributed by atoms with van der Waals surface area (Å²) >= 11 is -4.58. The summed E-state index contributed by atoms with van der Waals surface area (Å²) in [7, 11) is 0. The van der Waals surface area contributed by atoms with Gasteiger partial charge in [-0.3, -0.25) is 0 Å². The van der Waals surface area contributed by atoms with Crippen LogP contribution in [0.1, 0.15) is 38.3 Å². The van der Waals surface area contributed by atoms with E-state index in [1.54, 1.807) is 3.28 Å².